The highest BCUT2D eigenvalue weighted by Crippen LogP contribution is 2.23. The molecule has 0 aliphatic carbocycles. The summed E-state index contributed by atoms with van der Waals surface area (Å²) in [5.74, 6) is 0. The number of hydrogen-bond acceptors (Lipinski definition) is 4. The molecule has 0 rings (SSSR count). The van der Waals surface area contributed by atoms with Crippen LogP contribution >= 0.6 is 12.6 Å². The summed E-state index contributed by atoms with van der Waals surface area (Å²) in [4.78, 5) is 0. The Morgan fingerprint density at radius 2 is 0.893 bits per heavy atom. The van der Waals surface area contributed by atoms with Crippen molar-refractivity contribution in [3.05, 3.63) is 0 Å². The van der Waals surface area contributed by atoms with E-state index in [1.165, 1.54) is 103 Å². The number of hydrogen-bond donors (Lipinski definition) is 1. The van der Waals surface area contributed by atoms with E-state index in [2.05, 4.69) is 6.92 Å². The predicted molar refractivity (Wildman–Crippen MR) is 129 cm³/mol. The Labute approximate surface area is 183 Å². The molecule has 5 heteroatoms. The topological polar surface area (TPSA) is 27.7 Å². The van der Waals surface area contributed by atoms with Gasteiger partial charge in [0.05, 0.1) is 0 Å². The molecule has 0 fully saturated rings. The van der Waals surface area contributed by atoms with Crippen molar-refractivity contribution in [2.24, 2.45) is 0 Å². The predicted octanol–water partition coefficient (Wildman–Crippen LogP) is 7.81. The highest BCUT2D eigenvalue weighted by atomic mass is 32.1. The van der Waals surface area contributed by atoms with Gasteiger partial charge in [-0.15, -0.1) is 0 Å². The Kier molecular flexibility index (Phi) is 21.0. The van der Waals surface area contributed by atoms with Crippen molar-refractivity contribution < 1.29 is 13.3 Å². The van der Waals surface area contributed by atoms with Crippen molar-refractivity contribution in [1.82, 2.24) is 0 Å². The van der Waals surface area contributed by atoms with Crippen molar-refractivity contribution in [3.63, 3.8) is 0 Å². The normalized spacial score (nSPS) is 13.2. The van der Waals surface area contributed by atoms with Crippen LogP contribution in [0.1, 0.15) is 116 Å². The van der Waals surface area contributed by atoms with Crippen LogP contribution in [0.4, 0.5) is 0 Å². The lowest BCUT2D eigenvalue weighted by Crippen LogP contribution is -2.44. The van der Waals surface area contributed by atoms with Gasteiger partial charge in [0.25, 0.3) is 0 Å². The van der Waals surface area contributed by atoms with Crippen LogP contribution < -0.4 is 0 Å². The minimum absolute atomic E-state index is 0.304. The number of thiol groups is 1. The first kappa shape index (κ1) is 28.4. The zero-order valence-corrected chi connectivity index (χ0v) is 21.4. The zero-order valence-electron chi connectivity index (χ0n) is 19.5. The minimum atomic E-state index is -2.47. The highest BCUT2D eigenvalue weighted by Gasteiger charge is 2.39. The third-order valence-corrected chi connectivity index (χ3v) is 9.45. The molecule has 0 aliphatic heterocycles. The van der Waals surface area contributed by atoms with E-state index in [1.54, 1.807) is 21.3 Å². The van der Waals surface area contributed by atoms with Crippen LogP contribution in [0.15, 0.2) is 0 Å². The molecule has 0 radical (unpaired) electrons. The Balaban J connectivity index is 3.33. The third kappa shape index (κ3) is 16.3. The van der Waals surface area contributed by atoms with Gasteiger partial charge in [-0.2, -0.15) is 12.6 Å². The van der Waals surface area contributed by atoms with Crippen LogP contribution in [-0.2, 0) is 13.3 Å². The molecule has 0 saturated heterocycles. The minimum Gasteiger partial charge on any atom is -0.377 e. The molecule has 0 aliphatic rings. The van der Waals surface area contributed by atoms with Crippen molar-refractivity contribution in [2.45, 2.75) is 127 Å². The lowest BCUT2D eigenvalue weighted by molar-refractivity contribution is 0.123. The van der Waals surface area contributed by atoms with E-state index >= 15 is 0 Å². The maximum atomic E-state index is 5.49. The molecule has 0 N–H and O–H groups in total. The highest BCUT2D eigenvalue weighted by molar-refractivity contribution is 7.81. The average Bonchev–Trinajstić information content (AvgIpc) is 2.71. The van der Waals surface area contributed by atoms with Crippen LogP contribution in [0.3, 0.4) is 0 Å². The van der Waals surface area contributed by atoms with E-state index in [-0.39, 0.29) is 0 Å². The summed E-state index contributed by atoms with van der Waals surface area (Å²) >= 11 is 4.71. The van der Waals surface area contributed by atoms with Crippen LogP contribution in [0.25, 0.3) is 0 Å². The summed E-state index contributed by atoms with van der Waals surface area (Å²) in [6.07, 6.45) is 23.6. The quantitative estimate of drug-likeness (QED) is 0.107. The van der Waals surface area contributed by atoms with Gasteiger partial charge in [0, 0.05) is 32.6 Å². The summed E-state index contributed by atoms with van der Waals surface area (Å²) in [7, 11) is 2.56. The molecule has 0 aromatic carbocycles. The van der Waals surface area contributed by atoms with Gasteiger partial charge in [-0.3, -0.25) is 0 Å². The van der Waals surface area contributed by atoms with Crippen molar-refractivity contribution >= 4 is 21.4 Å². The van der Waals surface area contributed by atoms with Gasteiger partial charge >= 0.3 is 8.80 Å². The monoisotopic (exact) mass is 434 g/mol. The van der Waals surface area contributed by atoms with E-state index < -0.39 is 8.80 Å². The first-order chi connectivity index (χ1) is 13.6. The van der Waals surface area contributed by atoms with Gasteiger partial charge in [-0.25, -0.2) is 0 Å². The molecule has 1 unspecified atom stereocenters. The molecule has 0 amide bonds. The smallest absolute Gasteiger partial charge is 0.377 e. The lowest BCUT2D eigenvalue weighted by atomic mass is 10.0. The summed E-state index contributed by atoms with van der Waals surface area (Å²) < 4.78 is 16.5. The third-order valence-electron chi connectivity index (χ3n) is 5.81. The summed E-state index contributed by atoms with van der Waals surface area (Å²) in [5.41, 5.74) is 0. The maximum Gasteiger partial charge on any atom is 0.501 e. The zero-order chi connectivity index (χ0) is 20.9. The molecule has 0 heterocycles. The molecular formula is C23H50O3SSi. The molecule has 0 aromatic heterocycles. The standard InChI is InChI=1S/C23H50O3SSi/c1-5-6-7-8-9-10-11-12-13-14-15-16-17-18-19-20-21-23(27)22-28(24-2,25-3)26-4/h23,27H,5-22H2,1-4H3. The van der Waals surface area contributed by atoms with Gasteiger partial charge in [-0.1, -0.05) is 110 Å². The first-order valence-electron chi connectivity index (χ1n) is 12.0. The second kappa shape index (κ2) is 20.7. The van der Waals surface area contributed by atoms with Crippen LogP contribution in [-0.4, -0.2) is 35.4 Å². The van der Waals surface area contributed by atoms with Crippen LogP contribution in [0.5, 0.6) is 0 Å². The molecule has 0 spiro atoms. The molecular weight excluding hydrogens is 384 g/mol. The van der Waals surface area contributed by atoms with Crippen molar-refractivity contribution in [3.8, 4) is 0 Å². The lowest BCUT2D eigenvalue weighted by Gasteiger charge is -2.26. The van der Waals surface area contributed by atoms with Crippen LogP contribution in [0, 0.1) is 0 Å². The average molecular weight is 435 g/mol. The van der Waals surface area contributed by atoms with Crippen LogP contribution in [0.2, 0.25) is 6.04 Å². The Morgan fingerprint density at radius 3 is 1.21 bits per heavy atom. The van der Waals surface area contributed by atoms with E-state index in [0.29, 0.717) is 5.25 Å². The second-order valence-corrected chi connectivity index (χ2v) is 12.0. The first-order valence-corrected chi connectivity index (χ1v) is 14.4. The molecule has 28 heavy (non-hydrogen) atoms. The Bertz CT molecular complexity index is 306. The molecule has 0 aromatic rings. The fraction of sp³-hybridized carbons (Fsp3) is 1.00. The van der Waals surface area contributed by atoms with Gasteiger partial charge in [0.2, 0.25) is 0 Å². The van der Waals surface area contributed by atoms with E-state index in [1.807, 2.05) is 0 Å². The maximum absolute atomic E-state index is 5.49. The summed E-state index contributed by atoms with van der Waals surface area (Å²) in [6.45, 7) is 2.29. The Hall–Kier alpha value is 0.447. The van der Waals surface area contributed by atoms with Crippen molar-refractivity contribution in [2.75, 3.05) is 21.3 Å². The van der Waals surface area contributed by atoms with E-state index in [9.17, 15) is 0 Å². The summed E-state index contributed by atoms with van der Waals surface area (Å²) in [5, 5.41) is 0.304. The summed E-state index contributed by atoms with van der Waals surface area (Å²) in [6, 6.07) is 0.790. The van der Waals surface area contributed by atoms with Crippen molar-refractivity contribution in [1.29, 1.82) is 0 Å². The molecule has 0 bridgehead atoms. The molecule has 1 atom stereocenters. The van der Waals surface area contributed by atoms with Gasteiger partial charge in [0.1, 0.15) is 0 Å². The largest absolute Gasteiger partial charge is 0.501 e. The molecule has 0 saturated carbocycles. The second-order valence-electron chi connectivity index (χ2n) is 8.25. The Morgan fingerprint density at radius 1 is 0.571 bits per heavy atom. The van der Waals surface area contributed by atoms with Gasteiger partial charge < -0.3 is 13.3 Å². The fourth-order valence-corrected chi connectivity index (χ4v) is 6.45. The number of rotatable bonds is 22. The number of unbranched alkanes of at least 4 members (excludes halogenated alkanes) is 15. The fourth-order valence-electron chi connectivity index (χ4n) is 3.82. The van der Waals surface area contributed by atoms with E-state index in [0.717, 1.165) is 12.5 Å². The van der Waals surface area contributed by atoms with Gasteiger partial charge in [0.15, 0.2) is 0 Å². The molecule has 3 nitrogen and oxygen atoms in total. The molecule has 170 valence electrons. The SMILES string of the molecule is CCCCCCCCCCCCCCCCCCC(S)C[Si](OC)(OC)OC. The van der Waals surface area contributed by atoms with E-state index in [4.69, 9.17) is 25.9 Å². The van der Waals surface area contributed by atoms with Gasteiger partial charge in [-0.05, 0) is 6.42 Å².